The number of allylic oxidation sites excluding steroid dienone is 3. The number of rotatable bonds is 5. The van der Waals surface area contributed by atoms with Crippen molar-refractivity contribution in [2.75, 3.05) is 14.2 Å². The molecule has 2 aliphatic rings. The lowest BCUT2D eigenvalue weighted by Crippen LogP contribution is -2.36. The van der Waals surface area contributed by atoms with E-state index in [1.165, 1.54) is 14.0 Å². The standard InChI is InChI=1S/C27H27NO6/c1-15-24(27(31)33-4)25(17-9-11-19(12-10-17)34-16(2)29)26-21(28-15)13-18(14-22(26)30)20-7-5-6-8-23(20)32-3/h5-12,18,25,28H,13-14H2,1-4H3/t18-,25+/m0/s1. The molecule has 7 heteroatoms. The molecule has 34 heavy (non-hydrogen) atoms. The average molecular weight is 462 g/mol. The molecule has 1 heterocycles. The summed E-state index contributed by atoms with van der Waals surface area (Å²) in [6.45, 7) is 3.14. The Bertz CT molecular complexity index is 1210. The quantitative estimate of drug-likeness (QED) is 0.528. The molecule has 4 rings (SSSR count). The summed E-state index contributed by atoms with van der Waals surface area (Å²) in [5.41, 5.74) is 4.13. The fourth-order valence-corrected chi connectivity index (χ4v) is 4.87. The molecule has 0 unspecified atom stereocenters. The highest BCUT2D eigenvalue weighted by Crippen LogP contribution is 2.47. The molecule has 0 fully saturated rings. The molecule has 0 radical (unpaired) electrons. The van der Waals surface area contributed by atoms with Gasteiger partial charge in [0.2, 0.25) is 0 Å². The molecule has 1 aliphatic heterocycles. The molecule has 0 saturated carbocycles. The van der Waals surface area contributed by atoms with Crippen molar-refractivity contribution < 1.29 is 28.6 Å². The molecule has 1 N–H and O–H groups in total. The molecule has 0 spiro atoms. The molecule has 0 saturated heterocycles. The number of carbonyl (C=O) groups excluding carboxylic acids is 3. The van der Waals surface area contributed by atoms with Crippen LogP contribution in [0.5, 0.6) is 11.5 Å². The summed E-state index contributed by atoms with van der Waals surface area (Å²) in [6.07, 6.45) is 0.908. The van der Waals surface area contributed by atoms with Crippen LogP contribution in [0.25, 0.3) is 0 Å². The van der Waals surface area contributed by atoms with Crippen LogP contribution in [-0.4, -0.2) is 31.9 Å². The summed E-state index contributed by atoms with van der Waals surface area (Å²) in [5.74, 6) is -0.435. The summed E-state index contributed by atoms with van der Waals surface area (Å²) < 4.78 is 15.7. The Kier molecular flexibility index (Phi) is 6.54. The lowest BCUT2D eigenvalue weighted by Gasteiger charge is -2.36. The van der Waals surface area contributed by atoms with Crippen LogP contribution < -0.4 is 14.8 Å². The van der Waals surface area contributed by atoms with E-state index in [0.717, 1.165) is 22.6 Å². The van der Waals surface area contributed by atoms with Gasteiger partial charge in [0.05, 0.1) is 19.8 Å². The van der Waals surface area contributed by atoms with Crippen LogP contribution >= 0.6 is 0 Å². The lowest BCUT2D eigenvalue weighted by atomic mass is 9.71. The predicted octanol–water partition coefficient (Wildman–Crippen LogP) is 4.16. The van der Waals surface area contributed by atoms with Gasteiger partial charge in [0.15, 0.2) is 5.78 Å². The molecule has 7 nitrogen and oxygen atoms in total. The van der Waals surface area contributed by atoms with Crippen molar-refractivity contribution in [1.82, 2.24) is 5.32 Å². The molecule has 0 aromatic heterocycles. The van der Waals surface area contributed by atoms with E-state index in [4.69, 9.17) is 14.2 Å². The number of nitrogens with one attached hydrogen (secondary N) is 1. The Morgan fingerprint density at radius 1 is 1.00 bits per heavy atom. The number of dihydropyridines is 1. The fraction of sp³-hybridized carbons (Fsp3) is 0.296. The maximum absolute atomic E-state index is 13.6. The van der Waals surface area contributed by atoms with Crippen LogP contribution in [0.15, 0.2) is 71.1 Å². The third kappa shape index (κ3) is 4.33. The second-order valence-electron chi connectivity index (χ2n) is 8.41. The molecule has 0 amide bonds. The van der Waals surface area contributed by atoms with Crippen molar-refractivity contribution in [3.05, 3.63) is 82.2 Å². The summed E-state index contributed by atoms with van der Waals surface area (Å²) in [6, 6.07) is 14.6. The van der Waals surface area contributed by atoms with E-state index in [-0.39, 0.29) is 11.7 Å². The number of hydrogen-bond acceptors (Lipinski definition) is 7. The second-order valence-corrected chi connectivity index (χ2v) is 8.41. The molecular formula is C27H27NO6. The van der Waals surface area contributed by atoms with E-state index >= 15 is 0 Å². The number of hydrogen-bond donors (Lipinski definition) is 1. The van der Waals surface area contributed by atoms with E-state index in [2.05, 4.69) is 5.32 Å². The van der Waals surface area contributed by atoms with Gasteiger partial charge in [-0.2, -0.15) is 0 Å². The van der Waals surface area contributed by atoms with Gasteiger partial charge >= 0.3 is 11.9 Å². The number of carbonyl (C=O) groups is 3. The normalized spacial score (nSPS) is 19.8. The summed E-state index contributed by atoms with van der Waals surface area (Å²) in [5, 5.41) is 3.32. The van der Waals surface area contributed by atoms with E-state index < -0.39 is 17.9 Å². The van der Waals surface area contributed by atoms with Crippen molar-refractivity contribution in [2.24, 2.45) is 0 Å². The van der Waals surface area contributed by atoms with Gasteiger partial charge < -0.3 is 19.5 Å². The Balaban J connectivity index is 1.78. The van der Waals surface area contributed by atoms with Crippen LogP contribution in [-0.2, 0) is 19.1 Å². The van der Waals surface area contributed by atoms with E-state index in [0.29, 0.717) is 35.4 Å². The highest BCUT2D eigenvalue weighted by atomic mass is 16.5. The zero-order valence-corrected chi connectivity index (χ0v) is 19.6. The largest absolute Gasteiger partial charge is 0.496 e. The molecule has 0 bridgehead atoms. The molecule has 2 aromatic rings. The Hall–Kier alpha value is -3.87. The minimum absolute atomic E-state index is 0.0346. The van der Waals surface area contributed by atoms with E-state index in [9.17, 15) is 14.4 Å². The monoisotopic (exact) mass is 461 g/mol. The smallest absolute Gasteiger partial charge is 0.336 e. The number of esters is 2. The minimum atomic E-state index is -0.582. The van der Waals surface area contributed by atoms with Gasteiger partial charge in [-0.15, -0.1) is 0 Å². The van der Waals surface area contributed by atoms with Gasteiger partial charge in [-0.05, 0) is 42.7 Å². The molecular weight excluding hydrogens is 434 g/mol. The van der Waals surface area contributed by atoms with Crippen molar-refractivity contribution in [3.8, 4) is 11.5 Å². The third-order valence-corrected chi connectivity index (χ3v) is 6.29. The molecule has 2 aromatic carbocycles. The minimum Gasteiger partial charge on any atom is -0.496 e. The fourth-order valence-electron chi connectivity index (χ4n) is 4.87. The topological polar surface area (TPSA) is 90.9 Å². The van der Waals surface area contributed by atoms with Gasteiger partial charge in [-0.1, -0.05) is 30.3 Å². The second kappa shape index (κ2) is 9.55. The molecule has 1 aliphatic carbocycles. The van der Waals surface area contributed by atoms with Crippen LogP contribution in [0.2, 0.25) is 0 Å². The maximum Gasteiger partial charge on any atom is 0.336 e. The first-order valence-corrected chi connectivity index (χ1v) is 11.1. The first-order valence-electron chi connectivity index (χ1n) is 11.1. The van der Waals surface area contributed by atoms with E-state index in [1.807, 2.05) is 31.2 Å². The number of methoxy groups -OCH3 is 2. The number of benzene rings is 2. The number of para-hydroxylation sites is 1. The Morgan fingerprint density at radius 2 is 1.71 bits per heavy atom. The Labute approximate surface area is 198 Å². The van der Waals surface area contributed by atoms with Crippen molar-refractivity contribution in [1.29, 1.82) is 0 Å². The highest BCUT2D eigenvalue weighted by Gasteiger charge is 2.41. The highest BCUT2D eigenvalue weighted by molar-refractivity contribution is 6.04. The van der Waals surface area contributed by atoms with E-state index in [1.54, 1.807) is 31.4 Å². The number of ether oxygens (including phenoxy) is 3. The molecule has 176 valence electrons. The third-order valence-electron chi connectivity index (χ3n) is 6.29. The van der Waals surface area contributed by atoms with Crippen molar-refractivity contribution in [3.63, 3.8) is 0 Å². The molecule has 2 atom stereocenters. The first kappa shape index (κ1) is 23.3. The summed E-state index contributed by atoms with van der Waals surface area (Å²) in [7, 11) is 2.95. The van der Waals surface area contributed by atoms with Crippen LogP contribution in [0, 0.1) is 0 Å². The Morgan fingerprint density at radius 3 is 2.35 bits per heavy atom. The lowest BCUT2D eigenvalue weighted by molar-refractivity contribution is -0.136. The predicted molar refractivity (Wildman–Crippen MR) is 125 cm³/mol. The van der Waals surface area contributed by atoms with Gasteiger partial charge in [-0.3, -0.25) is 9.59 Å². The maximum atomic E-state index is 13.6. The van der Waals surface area contributed by atoms with Gasteiger partial charge in [0.1, 0.15) is 11.5 Å². The number of ketones is 1. The van der Waals surface area contributed by atoms with Crippen LogP contribution in [0.4, 0.5) is 0 Å². The summed E-state index contributed by atoms with van der Waals surface area (Å²) in [4.78, 5) is 37.7. The SMILES string of the molecule is COC(=O)C1=C(C)NC2=C(C(=O)C[C@@H](c3ccccc3OC)C2)[C@@H]1c1ccc(OC(C)=O)cc1. The van der Waals surface area contributed by atoms with Crippen LogP contribution in [0.1, 0.15) is 49.7 Å². The van der Waals surface area contributed by atoms with Crippen molar-refractivity contribution >= 4 is 17.7 Å². The summed E-state index contributed by atoms with van der Waals surface area (Å²) >= 11 is 0. The van der Waals surface area contributed by atoms with Gasteiger partial charge in [-0.25, -0.2) is 4.79 Å². The van der Waals surface area contributed by atoms with Gasteiger partial charge in [0, 0.05) is 42.1 Å². The zero-order chi connectivity index (χ0) is 24.4. The number of Topliss-reactive ketones (excluding diaryl/α,β-unsaturated/α-hetero) is 1. The van der Waals surface area contributed by atoms with Crippen molar-refractivity contribution in [2.45, 2.75) is 38.5 Å². The zero-order valence-electron chi connectivity index (χ0n) is 19.6. The van der Waals surface area contributed by atoms with Gasteiger partial charge in [0.25, 0.3) is 0 Å². The van der Waals surface area contributed by atoms with Crippen LogP contribution in [0.3, 0.4) is 0 Å². The average Bonchev–Trinajstić information content (AvgIpc) is 2.82. The first-order chi connectivity index (χ1) is 16.3.